The van der Waals surface area contributed by atoms with E-state index in [4.69, 9.17) is 0 Å². The summed E-state index contributed by atoms with van der Waals surface area (Å²) in [5, 5.41) is 31.2. The van der Waals surface area contributed by atoms with Gasteiger partial charge in [0.15, 0.2) is 0 Å². The maximum atomic E-state index is 16.5. The maximum absolute atomic E-state index is 16.5. The average molecular weight is 1530 g/mol. The molecule has 12 fully saturated rings. The van der Waals surface area contributed by atoms with Crippen LogP contribution >= 0.6 is 0 Å². The van der Waals surface area contributed by atoms with Crippen LogP contribution in [0.25, 0.3) is 0 Å². The van der Waals surface area contributed by atoms with E-state index >= 15 is 171 Å². The monoisotopic (exact) mass is 1530 g/mol. The van der Waals surface area contributed by atoms with Crippen LogP contribution in [0.1, 0.15) is 19.3 Å². The van der Waals surface area contributed by atoms with Gasteiger partial charge in [0.05, 0.1) is 38.1 Å². The van der Waals surface area contributed by atoms with Crippen LogP contribution in [0.3, 0.4) is 0 Å². The molecule has 12 aliphatic rings. The highest BCUT2D eigenvalue weighted by molar-refractivity contribution is 6.06. The first kappa shape index (κ1) is 76.8. The standard InChI is InChI=1S/C43H19F45O9/c44-14-11(92)17(47)32(65,66)23(53,38(77,78)26(56,29(14,59)60)35(17,71)72)20(14,50)41(83,84)95-4-8(89)1-7(2-9(90)5-96-42(85,86)21(51)15(45)12(93)18(48)33(67,68)24(21,54)39(79,80)27(57,30(15,61)62)36(18,73)74)3-10(91)6-97-43(87,88)22(52)16(46)13(94)19(49)34(69,70)25(22,55)40(81,82)28(58,31(16,63)64)37(19,75)76/h7-10,89-91H,1-6H2. The zero-order valence-corrected chi connectivity index (χ0v) is 43.9. The Morgan fingerprint density at radius 2 is 0.392 bits per heavy atom. The van der Waals surface area contributed by atoms with Crippen molar-refractivity contribution in [2.75, 3.05) is 19.8 Å². The van der Waals surface area contributed by atoms with Crippen molar-refractivity contribution in [2.24, 2.45) is 5.92 Å². The first-order chi connectivity index (χ1) is 42.2. The number of ether oxygens (including phenoxy) is 3. The fraction of sp³-hybridized carbons (Fsp3) is 0.930. The van der Waals surface area contributed by atoms with Crippen molar-refractivity contribution in [2.45, 2.75) is 212 Å². The number of ketones is 3. The summed E-state index contributed by atoms with van der Waals surface area (Å²) in [5.41, 5.74) is -127. The molecule has 12 aliphatic carbocycles. The van der Waals surface area contributed by atoms with Crippen molar-refractivity contribution < 1.29 is 241 Å². The Hall–Kier alpha value is -4.38. The zero-order chi connectivity index (χ0) is 76.4. The lowest BCUT2D eigenvalue weighted by Crippen LogP contribution is -3.08. The maximum Gasteiger partial charge on any atom is 0.397 e. The Kier molecular flexibility index (Phi) is 14.1. The van der Waals surface area contributed by atoms with E-state index in [1.165, 1.54) is 0 Å². The number of hydrogen-bond acceptors (Lipinski definition) is 9. The number of alkyl halides is 45. The predicted octanol–water partition coefficient (Wildman–Crippen LogP) is 10.8. The molecular weight excluding hydrogens is 1520 g/mol. The third-order valence-corrected chi connectivity index (χ3v) is 19.5. The third kappa shape index (κ3) is 5.72. The van der Waals surface area contributed by atoms with Crippen molar-refractivity contribution in [1.82, 2.24) is 0 Å². The van der Waals surface area contributed by atoms with E-state index < -0.39 is 255 Å². The molecule has 0 saturated heterocycles. The van der Waals surface area contributed by atoms with Gasteiger partial charge in [-0.15, -0.1) is 0 Å². The van der Waals surface area contributed by atoms with Gasteiger partial charge < -0.3 is 29.5 Å². The van der Waals surface area contributed by atoms with Gasteiger partial charge in [0.1, 0.15) is 0 Å². The average Bonchev–Trinajstić information content (AvgIpc) is 0.608. The molecule has 0 aromatic heterocycles. The molecule has 18 unspecified atom stereocenters. The van der Waals surface area contributed by atoms with Crippen molar-refractivity contribution >= 4 is 17.3 Å². The molecule has 0 aromatic carbocycles. The molecule has 9 nitrogen and oxygen atoms in total. The molecule has 0 radical (unpaired) electrons. The fourth-order valence-corrected chi connectivity index (χ4v) is 14.7. The molecule has 0 spiro atoms. The largest absolute Gasteiger partial charge is 0.397 e. The van der Waals surface area contributed by atoms with E-state index in [1.54, 1.807) is 0 Å². The summed E-state index contributed by atoms with van der Waals surface area (Å²) in [5.74, 6) is -123. The number of Topliss-reactive ketones (excluding diaryl/α,β-unsaturated/α-hetero) is 3. The van der Waals surface area contributed by atoms with E-state index in [0.717, 1.165) is 0 Å². The number of carbonyl (C=O) groups is 3. The van der Waals surface area contributed by atoms with Gasteiger partial charge in [-0.3, -0.25) is 14.4 Å². The highest BCUT2D eigenvalue weighted by atomic mass is 19.4. The molecule has 97 heavy (non-hydrogen) atoms. The Morgan fingerprint density at radius 3 is 0.557 bits per heavy atom. The van der Waals surface area contributed by atoms with Gasteiger partial charge in [-0.25, -0.2) is 65.9 Å². The lowest BCUT2D eigenvalue weighted by atomic mass is 9.38. The van der Waals surface area contributed by atoms with Gasteiger partial charge in [0.2, 0.25) is 17.3 Å². The molecule has 12 bridgehead atoms. The summed E-state index contributed by atoms with van der Waals surface area (Å²) in [7, 11) is 0. The summed E-state index contributed by atoms with van der Waals surface area (Å²) in [6.45, 7) is -10.7. The Labute approximate surface area is 497 Å². The lowest BCUT2D eigenvalue weighted by Gasteiger charge is -2.72. The van der Waals surface area contributed by atoms with Crippen LogP contribution in [0.15, 0.2) is 0 Å². The number of aliphatic hydroxyl groups is 3. The molecule has 560 valence electrons. The van der Waals surface area contributed by atoms with E-state index in [1.807, 2.05) is 0 Å². The summed E-state index contributed by atoms with van der Waals surface area (Å²) in [4.78, 5) is 37.1. The summed E-state index contributed by atoms with van der Waals surface area (Å²) >= 11 is 0. The molecule has 0 amide bonds. The second-order valence-corrected chi connectivity index (χ2v) is 23.8. The van der Waals surface area contributed by atoms with Gasteiger partial charge in [-0.05, 0) is 25.2 Å². The molecule has 0 aromatic rings. The minimum atomic E-state index is -8.81. The van der Waals surface area contributed by atoms with Crippen molar-refractivity contribution in [3.8, 4) is 0 Å². The van der Waals surface area contributed by atoms with E-state index in [0.29, 0.717) is 0 Å². The fourth-order valence-electron chi connectivity index (χ4n) is 14.7. The molecule has 12 saturated carbocycles. The molecule has 54 heteroatoms. The zero-order valence-electron chi connectivity index (χ0n) is 43.9. The number of hydrogen-bond donors (Lipinski definition) is 3. The second-order valence-electron chi connectivity index (χ2n) is 23.8. The summed E-state index contributed by atoms with van der Waals surface area (Å²) in [6.07, 6.45) is -45.4. The number of halogens is 45. The van der Waals surface area contributed by atoms with Crippen LogP contribution in [0.4, 0.5) is 198 Å². The second kappa shape index (κ2) is 17.8. The number of carbonyl (C=O) groups excluding carboxylic acids is 3. The smallest absolute Gasteiger partial charge is 0.391 e. The molecule has 12 rings (SSSR count). The third-order valence-electron chi connectivity index (χ3n) is 19.5. The molecule has 0 aliphatic heterocycles. The predicted molar refractivity (Wildman–Crippen MR) is 200 cm³/mol. The highest BCUT2D eigenvalue weighted by Gasteiger charge is 3.25. The van der Waals surface area contributed by atoms with Crippen LogP contribution in [0, 0.1) is 5.92 Å². The molecule has 18 atom stereocenters. The summed E-state index contributed by atoms with van der Waals surface area (Å²) < 4.78 is 704. The van der Waals surface area contributed by atoms with Crippen LogP contribution in [0.5, 0.6) is 0 Å². The molecule has 0 heterocycles. The van der Waals surface area contributed by atoms with Gasteiger partial charge in [0, 0.05) is 0 Å². The first-order valence-corrected chi connectivity index (χ1v) is 24.8. The van der Waals surface area contributed by atoms with Crippen LogP contribution in [-0.4, -0.2) is 245 Å². The number of aliphatic hydroxyl groups excluding tert-OH is 3. The normalized spacial score (nSPS) is 49.1. The van der Waals surface area contributed by atoms with Gasteiger partial charge >= 0.3 is 123 Å². The van der Waals surface area contributed by atoms with Crippen molar-refractivity contribution in [3.63, 3.8) is 0 Å². The van der Waals surface area contributed by atoms with Gasteiger partial charge in [-0.2, -0.15) is 132 Å². The van der Waals surface area contributed by atoms with Crippen LogP contribution in [0.2, 0.25) is 0 Å². The first-order valence-electron chi connectivity index (χ1n) is 24.8. The van der Waals surface area contributed by atoms with E-state index in [9.17, 15) is 56.0 Å². The van der Waals surface area contributed by atoms with Gasteiger partial charge in [0.25, 0.3) is 51.0 Å². The minimum Gasteiger partial charge on any atom is -0.391 e. The van der Waals surface area contributed by atoms with E-state index in [-0.39, 0.29) is 0 Å². The topological polar surface area (TPSA) is 140 Å². The van der Waals surface area contributed by atoms with Crippen LogP contribution < -0.4 is 0 Å². The summed E-state index contributed by atoms with van der Waals surface area (Å²) in [6, 6.07) is 0. The molecular formula is C43H19F45O9. The van der Waals surface area contributed by atoms with Crippen molar-refractivity contribution in [3.05, 3.63) is 0 Å². The lowest BCUT2D eigenvalue weighted by molar-refractivity contribution is -0.555. The molecule has 3 N–H and O–H groups in total. The Balaban J connectivity index is 1.07. The number of rotatable bonds is 18. The Morgan fingerprint density at radius 1 is 0.247 bits per heavy atom. The highest BCUT2D eigenvalue weighted by Crippen LogP contribution is 2.90. The Bertz CT molecular complexity index is 3110. The quantitative estimate of drug-likeness (QED) is 0.114. The minimum absolute atomic E-state index is 2.77. The van der Waals surface area contributed by atoms with Crippen LogP contribution in [-0.2, 0) is 28.6 Å². The van der Waals surface area contributed by atoms with Crippen molar-refractivity contribution in [1.29, 1.82) is 0 Å². The van der Waals surface area contributed by atoms with E-state index in [2.05, 4.69) is 14.2 Å². The SMILES string of the molecule is O=C1C2(F)C(F)(F)C3(F)C(F)(F)C1(F)C(F)(C(F)(F)OCC(O)CC(CC(O)COC(F)(F)C1(F)C4(F)C(=O)C5(F)C(F)(F)C(F)(C4(F)F)C(F)(F)C1(F)C5(F)F)CC(O)COC(F)(F)C1(F)C4(F)C(=O)C5(F)C(F)(F)C(F)(C4(F)F)C(F)(F)C1(F)C5(F)F)C(F)(C2(F)F)C3(F)F. The van der Waals surface area contributed by atoms with Gasteiger partial charge in [-0.1, -0.05) is 0 Å².